The van der Waals surface area contributed by atoms with E-state index in [1.54, 1.807) is 32.4 Å². The minimum Gasteiger partial charge on any atom is -0.493 e. The van der Waals surface area contributed by atoms with Crippen LogP contribution >= 0.6 is 23.2 Å². The molecule has 0 radical (unpaired) electrons. The zero-order valence-electron chi connectivity index (χ0n) is 16.7. The molecule has 0 amide bonds. The highest BCUT2D eigenvalue weighted by Crippen LogP contribution is 2.34. The van der Waals surface area contributed by atoms with E-state index in [-0.39, 0.29) is 17.3 Å². The van der Waals surface area contributed by atoms with E-state index in [2.05, 4.69) is 20.6 Å². The Morgan fingerprint density at radius 1 is 1.03 bits per heavy atom. The molecule has 0 aliphatic carbocycles. The third kappa shape index (κ3) is 5.44. The Hall–Kier alpha value is -3.30. The number of rotatable bonds is 9. The summed E-state index contributed by atoms with van der Waals surface area (Å²) in [6.45, 7) is 0.397. The van der Waals surface area contributed by atoms with Crippen LogP contribution in [0, 0.1) is 10.1 Å². The van der Waals surface area contributed by atoms with Crippen LogP contribution in [-0.4, -0.2) is 35.7 Å². The first-order chi connectivity index (χ1) is 14.9. The van der Waals surface area contributed by atoms with Gasteiger partial charge in [-0.15, -0.1) is 0 Å². The fourth-order valence-electron chi connectivity index (χ4n) is 2.85. The van der Waals surface area contributed by atoms with E-state index >= 15 is 0 Å². The van der Waals surface area contributed by atoms with Crippen molar-refractivity contribution in [3.05, 3.63) is 68.4 Å². The van der Waals surface area contributed by atoms with Gasteiger partial charge >= 0.3 is 5.69 Å². The first-order valence-corrected chi connectivity index (χ1v) is 9.84. The molecule has 0 unspecified atom stereocenters. The highest BCUT2D eigenvalue weighted by atomic mass is 35.5. The number of benzene rings is 2. The lowest BCUT2D eigenvalue weighted by molar-refractivity contribution is -0.383. The van der Waals surface area contributed by atoms with Gasteiger partial charge in [-0.1, -0.05) is 29.3 Å². The number of nitro groups is 1. The summed E-state index contributed by atoms with van der Waals surface area (Å²) in [5, 5.41) is 18.4. The van der Waals surface area contributed by atoms with Crippen molar-refractivity contribution in [3.63, 3.8) is 0 Å². The Morgan fingerprint density at radius 2 is 1.77 bits per heavy atom. The molecule has 9 nitrogen and oxygen atoms in total. The standard InChI is InChI=1S/C20H19Cl2N5O4/c1-30-16-6-3-12(9-17(16)31-2)7-8-23-19-18(27(28)29)20(25-11-24-19)26-15-5-4-13(21)10-14(15)22/h3-6,9-11H,7-8H2,1-2H3,(H2,23,24,25,26). The van der Waals surface area contributed by atoms with Crippen LogP contribution in [0.25, 0.3) is 0 Å². The number of hydrogen-bond donors (Lipinski definition) is 2. The molecule has 2 aromatic carbocycles. The summed E-state index contributed by atoms with van der Waals surface area (Å²) in [4.78, 5) is 19.2. The maximum Gasteiger partial charge on any atom is 0.353 e. The topological polar surface area (TPSA) is 111 Å². The average molecular weight is 464 g/mol. The summed E-state index contributed by atoms with van der Waals surface area (Å²) in [5.74, 6) is 1.34. The molecule has 0 aliphatic rings. The minimum atomic E-state index is -0.551. The summed E-state index contributed by atoms with van der Waals surface area (Å²) >= 11 is 12.1. The van der Waals surface area contributed by atoms with Crippen molar-refractivity contribution in [3.8, 4) is 11.5 Å². The number of halogens is 2. The average Bonchev–Trinajstić information content (AvgIpc) is 2.75. The first-order valence-electron chi connectivity index (χ1n) is 9.09. The largest absolute Gasteiger partial charge is 0.493 e. The molecule has 31 heavy (non-hydrogen) atoms. The number of nitrogens with one attached hydrogen (secondary N) is 2. The Bertz CT molecular complexity index is 1100. The normalized spacial score (nSPS) is 10.5. The van der Waals surface area contributed by atoms with Crippen LogP contribution in [0.4, 0.5) is 23.0 Å². The van der Waals surface area contributed by atoms with Gasteiger partial charge in [0.05, 0.1) is 29.9 Å². The van der Waals surface area contributed by atoms with Crippen molar-refractivity contribution < 1.29 is 14.4 Å². The van der Waals surface area contributed by atoms with Crippen LogP contribution in [0.15, 0.2) is 42.7 Å². The van der Waals surface area contributed by atoms with E-state index in [1.807, 2.05) is 12.1 Å². The van der Waals surface area contributed by atoms with Gasteiger partial charge in [-0.3, -0.25) is 10.1 Å². The predicted molar refractivity (Wildman–Crippen MR) is 120 cm³/mol. The van der Waals surface area contributed by atoms with Crippen LogP contribution in [0.5, 0.6) is 11.5 Å². The lowest BCUT2D eigenvalue weighted by Gasteiger charge is -2.12. The van der Waals surface area contributed by atoms with E-state index in [1.165, 1.54) is 12.4 Å². The molecule has 1 aromatic heterocycles. The van der Waals surface area contributed by atoms with Crippen molar-refractivity contribution in [1.29, 1.82) is 0 Å². The molecule has 0 fully saturated rings. The molecule has 0 saturated heterocycles. The number of methoxy groups -OCH3 is 2. The second-order valence-electron chi connectivity index (χ2n) is 6.29. The third-order valence-electron chi connectivity index (χ3n) is 4.34. The van der Waals surface area contributed by atoms with Gasteiger partial charge in [-0.25, -0.2) is 9.97 Å². The van der Waals surface area contributed by atoms with Gasteiger partial charge in [0.1, 0.15) is 6.33 Å². The lowest BCUT2D eigenvalue weighted by Crippen LogP contribution is -2.11. The summed E-state index contributed by atoms with van der Waals surface area (Å²) in [7, 11) is 3.13. The molecular formula is C20H19Cl2N5O4. The van der Waals surface area contributed by atoms with Crippen molar-refractivity contribution in [2.75, 3.05) is 31.4 Å². The maximum absolute atomic E-state index is 11.7. The van der Waals surface area contributed by atoms with Crippen LogP contribution in [0.2, 0.25) is 10.0 Å². The first kappa shape index (κ1) is 22.4. The van der Waals surface area contributed by atoms with Crippen LogP contribution in [0.3, 0.4) is 0 Å². The van der Waals surface area contributed by atoms with Crippen LogP contribution in [-0.2, 0) is 6.42 Å². The van der Waals surface area contributed by atoms with Gasteiger partial charge < -0.3 is 20.1 Å². The highest BCUT2D eigenvalue weighted by Gasteiger charge is 2.23. The van der Waals surface area contributed by atoms with Crippen molar-refractivity contribution >= 4 is 46.2 Å². The molecule has 0 bridgehead atoms. The minimum absolute atomic E-state index is 0.0119. The number of anilines is 3. The fourth-order valence-corrected chi connectivity index (χ4v) is 3.31. The number of hydrogen-bond acceptors (Lipinski definition) is 8. The van der Waals surface area contributed by atoms with Gasteiger partial charge in [-0.2, -0.15) is 0 Å². The van der Waals surface area contributed by atoms with E-state index in [9.17, 15) is 10.1 Å². The van der Waals surface area contributed by atoms with Gasteiger partial charge in [0.2, 0.25) is 11.6 Å². The Labute approximate surface area is 188 Å². The molecule has 2 N–H and O–H groups in total. The second-order valence-corrected chi connectivity index (χ2v) is 7.14. The van der Waals surface area contributed by atoms with Crippen LogP contribution in [0.1, 0.15) is 5.56 Å². The van der Waals surface area contributed by atoms with E-state index in [4.69, 9.17) is 32.7 Å². The van der Waals surface area contributed by atoms with Gasteiger partial charge in [0.25, 0.3) is 0 Å². The van der Waals surface area contributed by atoms with Gasteiger partial charge in [0, 0.05) is 11.6 Å². The third-order valence-corrected chi connectivity index (χ3v) is 4.89. The molecule has 3 aromatic rings. The lowest BCUT2D eigenvalue weighted by atomic mass is 10.1. The van der Waals surface area contributed by atoms with Crippen molar-refractivity contribution in [2.45, 2.75) is 6.42 Å². The molecule has 0 aliphatic heterocycles. The monoisotopic (exact) mass is 463 g/mol. The molecule has 0 atom stereocenters. The van der Waals surface area contributed by atoms with E-state index < -0.39 is 4.92 Å². The molecule has 0 spiro atoms. The molecule has 11 heteroatoms. The summed E-state index contributed by atoms with van der Waals surface area (Å²) in [5.41, 5.74) is 1.11. The SMILES string of the molecule is COc1ccc(CCNc2ncnc(Nc3ccc(Cl)cc3Cl)c2[N+](=O)[O-])cc1OC. The summed E-state index contributed by atoms with van der Waals surface area (Å²) in [6.07, 6.45) is 1.81. The van der Waals surface area contributed by atoms with Crippen molar-refractivity contribution in [1.82, 2.24) is 9.97 Å². The Kier molecular flexibility index (Phi) is 7.32. The number of aromatic nitrogens is 2. The number of ether oxygens (including phenoxy) is 2. The molecule has 162 valence electrons. The summed E-state index contributed by atoms with van der Waals surface area (Å²) < 4.78 is 10.5. The Balaban J connectivity index is 1.77. The second kappa shape index (κ2) is 10.1. The van der Waals surface area contributed by atoms with Gasteiger partial charge in [0.15, 0.2) is 11.5 Å². The van der Waals surface area contributed by atoms with Crippen LogP contribution < -0.4 is 20.1 Å². The highest BCUT2D eigenvalue weighted by molar-refractivity contribution is 6.36. The fraction of sp³-hybridized carbons (Fsp3) is 0.200. The van der Waals surface area contributed by atoms with E-state index in [0.717, 1.165) is 5.56 Å². The van der Waals surface area contributed by atoms with Gasteiger partial charge in [-0.05, 0) is 42.3 Å². The van der Waals surface area contributed by atoms with Crippen molar-refractivity contribution in [2.24, 2.45) is 0 Å². The zero-order chi connectivity index (χ0) is 22.4. The zero-order valence-corrected chi connectivity index (χ0v) is 18.2. The quantitative estimate of drug-likeness (QED) is 0.332. The maximum atomic E-state index is 11.7. The molecule has 0 saturated carbocycles. The van der Waals surface area contributed by atoms with E-state index in [0.29, 0.717) is 40.2 Å². The summed E-state index contributed by atoms with van der Waals surface area (Å²) in [6, 6.07) is 10.3. The smallest absolute Gasteiger partial charge is 0.353 e. The number of nitrogens with zero attached hydrogens (tertiary/aromatic N) is 3. The molecular weight excluding hydrogens is 445 g/mol. The Morgan fingerprint density at radius 3 is 2.45 bits per heavy atom. The molecule has 3 rings (SSSR count). The molecule has 1 heterocycles. The predicted octanol–water partition coefficient (Wildman–Crippen LogP) is 5.11.